The van der Waals surface area contributed by atoms with Gasteiger partial charge in [0.05, 0.1) is 11.7 Å². The van der Waals surface area contributed by atoms with Crippen LogP contribution in [0.1, 0.15) is 27.3 Å². The number of carbonyl (C=O) groups excluding carboxylic acids is 1. The summed E-state index contributed by atoms with van der Waals surface area (Å²) in [5, 5.41) is 3.68. The summed E-state index contributed by atoms with van der Waals surface area (Å²) >= 11 is 2.70. The molecule has 0 saturated heterocycles. The average molecular weight is 461 g/mol. The topological polar surface area (TPSA) is 76.9 Å². The summed E-state index contributed by atoms with van der Waals surface area (Å²) in [5.74, 6) is -1.54. The fraction of sp³-hybridized carbons (Fsp3) is 0.238. The van der Waals surface area contributed by atoms with Gasteiger partial charge in [0.1, 0.15) is 16.5 Å². The van der Waals surface area contributed by atoms with Gasteiger partial charge >= 0.3 is 0 Å². The number of aryl methyl sites for hydroxylation is 3. The number of nitrogens with one attached hydrogen (secondary N) is 1. The number of anilines is 1. The summed E-state index contributed by atoms with van der Waals surface area (Å²) in [5.41, 5.74) is 1.12. The van der Waals surface area contributed by atoms with E-state index in [4.69, 9.17) is 0 Å². The van der Waals surface area contributed by atoms with Crippen LogP contribution in [0.2, 0.25) is 0 Å². The zero-order valence-electron chi connectivity index (χ0n) is 16.7. The maximum Gasteiger partial charge on any atom is 0.262 e. The quantitative estimate of drug-likeness (QED) is 0.462. The monoisotopic (exact) mass is 460 g/mol. The molecule has 3 aromatic heterocycles. The van der Waals surface area contributed by atoms with E-state index in [1.165, 1.54) is 45.7 Å². The molecular formula is C21H18F2N4O2S2. The van der Waals surface area contributed by atoms with Crippen molar-refractivity contribution in [2.24, 2.45) is 0 Å². The summed E-state index contributed by atoms with van der Waals surface area (Å²) < 4.78 is 28.3. The predicted octanol–water partition coefficient (Wildman–Crippen LogP) is 4.43. The molecule has 3 heterocycles. The van der Waals surface area contributed by atoms with E-state index in [0.717, 1.165) is 21.4 Å². The Bertz CT molecular complexity index is 1340. The van der Waals surface area contributed by atoms with Gasteiger partial charge in [0.15, 0.2) is 5.13 Å². The third kappa shape index (κ3) is 4.54. The van der Waals surface area contributed by atoms with Crippen molar-refractivity contribution in [2.45, 2.75) is 33.2 Å². The Morgan fingerprint density at radius 2 is 2.00 bits per heavy atom. The van der Waals surface area contributed by atoms with Gasteiger partial charge in [-0.25, -0.2) is 18.7 Å². The van der Waals surface area contributed by atoms with Crippen molar-refractivity contribution in [3.63, 3.8) is 0 Å². The minimum Gasteiger partial charge on any atom is -0.302 e. The highest BCUT2D eigenvalue weighted by Crippen LogP contribution is 2.25. The number of hydrogen-bond acceptors (Lipinski definition) is 6. The van der Waals surface area contributed by atoms with Gasteiger partial charge in [0.2, 0.25) is 5.91 Å². The average Bonchev–Trinajstić information content (AvgIpc) is 3.27. The molecule has 160 valence electrons. The lowest BCUT2D eigenvalue weighted by Crippen LogP contribution is -2.23. The molecule has 0 spiro atoms. The number of aromatic nitrogens is 3. The maximum atomic E-state index is 13.8. The number of thiophene rings is 1. The van der Waals surface area contributed by atoms with Crippen LogP contribution in [-0.4, -0.2) is 20.4 Å². The molecule has 0 radical (unpaired) electrons. The molecule has 0 saturated carbocycles. The van der Waals surface area contributed by atoms with Gasteiger partial charge in [-0.05, 0) is 31.0 Å². The van der Waals surface area contributed by atoms with E-state index in [0.29, 0.717) is 20.9 Å². The molecule has 1 aromatic carbocycles. The minimum atomic E-state index is -0.628. The first-order valence-corrected chi connectivity index (χ1v) is 11.1. The molecule has 1 N–H and O–H groups in total. The second-order valence-corrected chi connectivity index (χ2v) is 9.37. The van der Waals surface area contributed by atoms with Crippen LogP contribution in [0.3, 0.4) is 0 Å². The van der Waals surface area contributed by atoms with E-state index in [1.807, 2.05) is 13.8 Å². The third-order valence-electron chi connectivity index (χ3n) is 4.92. The molecule has 0 fully saturated rings. The van der Waals surface area contributed by atoms with Crippen LogP contribution in [-0.2, 0) is 17.8 Å². The molecule has 31 heavy (non-hydrogen) atoms. The summed E-state index contributed by atoms with van der Waals surface area (Å²) in [6, 6.07) is 3.43. The van der Waals surface area contributed by atoms with Crippen LogP contribution in [0.5, 0.6) is 0 Å². The Labute approximate surface area is 184 Å². The number of rotatable bonds is 6. The van der Waals surface area contributed by atoms with Crippen molar-refractivity contribution in [2.75, 3.05) is 5.32 Å². The van der Waals surface area contributed by atoms with Crippen molar-refractivity contribution < 1.29 is 13.6 Å². The van der Waals surface area contributed by atoms with Crippen LogP contribution < -0.4 is 10.9 Å². The van der Waals surface area contributed by atoms with Crippen molar-refractivity contribution in [3.05, 3.63) is 73.6 Å². The van der Waals surface area contributed by atoms with Crippen molar-refractivity contribution in [1.82, 2.24) is 14.5 Å². The summed E-state index contributed by atoms with van der Waals surface area (Å²) in [6.45, 7) is 4.04. The van der Waals surface area contributed by atoms with Crippen LogP contribution in [0.25, 0.3) is 10.2 Å². The zero-order chi connectivity index (χ0) is 22.1. The Kier molecular flexibility index (Phi) is 5.92. The van der Waals surface area contributed by atoms with Crippen LogP contribution >= 0.6 is 22.7 Å². The van der Waals surface area contributed by atoms with Gasteiger partial charge in [-0.1, -0.05) is 6.07 Å². The Balaban J connectivity index is 1.38. The minimum absolute atomic E-state index is 0.0801. The standard InChI is InChI=1S/C21H18F2N4O2S2/c1-11-12(2)30-19-18(11)20(29)27(10-25-19)6-5-17(28)26-21-24-9-15(31-21)7-13-3-4-14(22)8-16(13)23/h3-4,8-10H,5-7H2,1-2H3,(H,24,26,28). The Hall–Kier alpha value is -2.98. The second-order valence-electron chi connectivity index (χ2n) is 7.05. The molecular weight excluding hydrogens is 442 g/mol. The first-order chi connectivity index (χ1) is 14.8. The molecule has 6 nitrogen and oxygen atoms in total. The molecule has 4 rings (SSSR count). The van der Waals surface area contributed by atoms with Gasteiger partial charge in [0.25, 0.3) is 5.56 Å². The highest BCUT2D eigenvalue weighted by atomic mass is 32.1. The normalized spacial score (nSPS) is 11.2. The number of thiazole rings is 1. The summed E-state index contributed by atoms with van der Waals surface area (Å²) in [4.78, 5) is 36.0. The highest BCUT2D eigenvalue weighted by molar-refractivity contribution is 7.18. The molecule has 0 aliphatic heterocycles. The lowest BCUT2D eigenvalue weighted by Gasteiger charge is -2.05. The second kappa shape index (κ2) is 8.64. The predicted molar refractivity (Wildman–Crippen MR) is 118 cm³/mol. The fourth-order valence-corrected chi connectivity index (χ4v) is 4.97. The van der Waals surface area contributed by atoms with Crippen LogP contribution in [0, 0.1) is 25.5 Å². The molecule has 10 heteroatoms. The molecule has 1 amide bonds. The Morgan fingerprint density at radius 3 is 2.77 bits per heavy atom. The molecule has 0 bridgehead atoms. The molecule has 0 unspecified atom stereocenters. The number of carbonyl (C=O) groups is 1. The fourth-order valence-electron chi connectivity index (χ4n) is 3.13. The smallest absolute Gasteiger partial charge is 0.262 e. The molecule has 0 aliphatic carbocycles. The molecule has 0 aliphatic rings. The van der Waals surface area contributed by atoms with Crippen molar-refractivity contribution in [3.8, 4) is 0 Å². The van der Waals surface area contributed by atoms with Crippen molar-refractivity contribution >= 4 is 43.9 Å². The van der Waals surface area contributed by atoms with E-state index in [1.54, 1.807) is 6.20 Å². The van der Waals surface area contributed by atoms with Gasteiger partial charge < -0.3 is 5.32 Å². The van der Waals surface area contributed by atoms with Gasteiger partial charge in [-0.2, -0.15) is 0 Å². The number of hydrogen-bond donors (Lipinski definition) is 1. The number of halogens is 2. The van der Waals surface area contributed by atoms with Crippen molar-refractivity contribution in [1.29, 1.82) is 0 Å². The third-order valence-corrected chi connectivity index (χ3v) is 6.94. The van der Waals surface area contributed by atoms with E-state index in [2.05, 4.69) is 15.3 Å². The number of amides is 1. The van der Waals surface area contributed by atoms with Gasteiger partial charge in [-0.15, -0.1) is 22.7 Å². The molecule has 0 atom stereocenters. The zero-order valence-corrected chi connectivity index (χ0v) is 18.4. The number of fused-ring (bicyclic) bond motifs is 1. The summed E-state index contributed by atoms with van der Waals surface area (Å²) in [6.07, 6.45) is 3.34. The van der Waals surface area contributed by atoms with Gasteiger partial charge in [-0.3, -0.25) is 14.2 Å². The van der Waals surface area contributed by atoms with Crippen LogP contribution in [0.15, 0.2) is 35.5 Å². The lowest BCUT2D eigenvalue weighted by atomic mass is 10.1. The highest BCUT2D eigenvalue weighted by Gasteiger charge is 2.14. The van der Waals surface area contributed by atoms with E-state index >= 15 is 0 Å². The first-order valence-electron chi connectivity index (χ1n) is 9.45. The Morgan fingerprint density at radius 1 is 1.19 bits per heavy atom. The lowest BCUT2D eigenvalue weighted by molar-refractivity contribution is -0.116. The summed E-state index contributed by atoms with van der Waals surface area (Å²) in [7, 11) is 0. The first kappa shape index (κ1) is 21.3. The van der Waals surface area contributed by atoms with Crippen LogP contribution in [0.4, 0.5) is 13.9 Å². The number of nitrogens with zero attached hydrogens (tertiary/aromatic N) is 3. The number of benzene rings is 1. The SMILES string of the molecule is Cc1sc2ncn(CCC(=O)Nc3ncc(Cc4ccc(F)cc4F)s3)c(=O)c2c1C. The van der Waals surface area contributed by atoms with E-state index in [-0.39, 0.29) is 30.9 Å². The maximum absolute atomic E-state index is 13.8. The van der Waals surface area contributed by atoms with E-state index in [9.17, 15) is 18.4 Å². The molecule has 4 aromatic rings. The van der Waals surface area contributed by atoms with Gasteiger partial charge in [0, 0.05) is 41.4 Å². The van der Waals surface area contributed by atoms with E-state index < -0.39 is 11.6 Å². The largest absolute Gasteiger partial charge is 0.302 e.